The van der Waals surface area contributed by atoms with Crippen LogP contribution in [0.3, 0.4) is 0 Å². The number of rotatable bonds is 13. The van der Waals surface area contributed by atoms with Gasteiger partial charge in [0.2, 0.25) is 0 Å². The molecule has 200 valence electrons. The van der Waals surface area contributed by atoms with Crippen molar-refractivity contribution in [3.05, 3.63) is 97.5 Å². The summed E-state index contributed by atoms with van der Waals surface area (Å²) in [5, 5.41) is 17.5. The van der Waals surface area contributed by atoms with Crippen LogP contribution in [0.5, 0.6) is 5.75 Å². The third-order valence-electron chi connectivity index (χ3n) is 6.34. The number of aryl methyl sites for hydroxylation is 2. The van der Waals surface area contributed by atoms with Crippen LogP contribution in [0.1, 0.15) is 25.7 Å². The fraction of sp³-hybridized carbons (Fsp3) is 0.290. The van der Waals surface area contributed by atoms with Gasteiger partial charge < -0.3 is 9.64 Å². The monoisotopic (exact) mass is 523 g/mol. The number of nitrogens with zero attached hydrogens (tertiary/aromatic N) is 7. The number of methoxy groups -OCH3 is 1. The molecule has 0 fully saturated rings. The molecule has 39 heavy (non-hydrogen) atoms. The fourth-order valence-corrected chi connectivity index (χ4v) is 4.03. The van der Waals surface area contributed by atoms with Crippen LogP contribution in [0.4, 0.5) is 28.6 Å². The molecule has 8 heteroatoms. The number of ether oxygens (including phenoxy) is 1. The molecule has 0 amide bonds. The molecule has 0 saturated heterocycles. The largest absolute Gasteiger partial charge is 0.497 e. The SMILES string of the molecule is COc1ccc(N=Nc2cc[n+](CCCCCC[n+]3ccccc3N=Nc3ccc(N(C)C)cc3)cc2)cc1. The van der Waals surface area contributed by atoms with E-state index >= 15 is 0 Å². The van der Waals surface area contributed by atoms with Crippen LogP contribution >= 0.6 is 0 Å². The highest BCUT2D eigenvalue weighted by molar-refractivity contribution is 5.51. The molecule has 0 unspecified atom stereocenters. The van der Waals surface area contributed by atoms with Gasteiger partial charge in [-0.25, -0.2) is 9.13 Å². The van der Waals surface area contributed by atoms with E-state index in [0.29, 0.717) is 0 Å². The zero-order chi connectivity index (χ0) is 27.3. The Morgan fingerprint density at radius 2 is 1.21 bits per heavy atom. The summed E-state index contributed by atoms with van der Waals surface area (Å²) in [7, 11) is 5.70. The Morgan fingerprint density at radius 3 is 1.85 bits per heavy atom. The topological polar surface area (TPSA) is 69.7 Å². The molecule has 0 bridgehead atoms. The van der Waals surface area contributed by atoms with Crippen molar-refractivity contribution in [1.82, 2.24) is 0 Å². The Balaban J connectivity index is 1.18. The van der Waals surface area contributed by atoms with Crippen LogP contribution in [-0.2, 0) is 13.1 Å². The minimum Gasteiger partial charge on any atom is -0.497 e. The van der Waals surface area contributed by atoms with Gasteiger partial charge in [0.15, 0.2) is 12.4 Å². The maximum absolute atomic E-state index is 5.17. The van der Waals surface area contributed by atoms with Crippen molar-refractivity contribution in [2.45, 2.75) is 38.8 Å². The number of hydrogen-bond donors (Lipinski definition) is 0. The lowest BCUT2D eigenvalue weighted by Crippen LogP contribution is -2.33. The molecule has 2 aromatic heterocycles. The average Bonchev–Trinajstić information content (AvgIpc) is 2.98. The van der Waals surface area contributed by atoms with E-state index in [1.54, 1.807) is 7.11 Å². The summed E-state index contributed by atoms with van der Waals surface area (Å²) < 4.78 is 9.54. The van der Waals surface area contributed by atoms with E-state index < -0.39 is 0 Å². The second-order valence-electron chi connectivity index (χ2n) is 9.47. The average molecular weight is 524 g/mol. The van der Waals surface area contributed by atoms with Gasteiger partial charge in [0, 0.05) is 44.4 Å². The van der Waals surface area contributed by atoms with Crippen molar-refractivity contribution in [2.75, 3.05) is 26.1 Å². The number of azo groups is 2. The lowest BCUT2D eigenvalue weighted by molar-refractivity contribution is -0.697. The predicted octanol–water partition coefficient (Wildman–Crippen LogP) is 7.43. The van der Waals surface area contributed by atoms with Crippen LogP contribution in [0.15, 0.2) is 118 Å². The van der Waals surface area contributed by atoms with Crippen LogP contribution in [0, 0.1) is 0 Å². The Bertz CT molecular complexity index is 1350. The van der Waals surface area contributed by atoms with Crippen LogP contribution in [-0.4, -0.2) is 21.2 Å². The summed E-state index contributed by atoms with van der Waals surface area (Å²) in [6, 6.07) is 25.7. The highest BCUT2D eigenvalue weighted by Crippen LogP contribution is 2.21. The minimum atomic E-state index is 0.797. The number of anilines is 1. The van der Waals surface area contributed by atoms with Crippen molar-refractivity contribution in [3.63, 3.8) is 0 Å². The molecule has 0 atom stereocenters. The molecule has 0 spiro atoms. The second-order valence-corrected chi connectivity index (χ2v) is 9.47. The predicted molar refractivity (Wildman–Crippen MR) is 154 cm³/mol. The number of pyridine rings is 2. The van der Waals surface area contributed by atoms with Crippen molar-refractivity contribution in [1.29, 1.82) is 0 Å². The van der Waals surface area contributed by atoms with Crippen molar-refractivity contribution >= 4 is 28.6 Å². The normalized spacial score (nSPS) is 11.4. The Hall–Kier alpha value is -4.46. The van der Waals surface area contributed by atoms with Crippen molar-refractivity contribution in [3.8, 4) is 5.75 Å². The molecule has 0 aliphatic carbocycles. The van der Waals surface area contributed by atoms with Gasteiger partial charge in [-0.05, 0) is 79.0 Å². The van der Waals surface area contributed by atoms with E-state index in [4.69, 9.17) is 4.74 Å². The molecule has 0 N–H and O–H groups in total. The number of hydrogen-bond acceptors (Lipinski definition) is 6. The molecular formula is C31H37N7O+2. The summed E-state index contributed by atoms with van der Waals surface area (Å²) in [5.41, 5.74) is 3.62. The first-order valence-corrected chi connectivity index (χ1v) is 13.3. The molecular weight excluding hydrogens is 486 g/mol. The molecule has 0 aliphatic heterocycles. The highest BCUT2D eigenvalue weighted by atomic mass is 16.5. The summed E-state index contributed by atoms with van der Waals surface area (Å²) >= 11 is 0. The van der Waals surface area contributed by atoms with E-state index in [1.165, 1.54) is 12.8 Å². The molecule has 0 saturated carbocycles. The first-order chi connectivity index (χ1) is 19.1. The standard InChI is InChI=1S/C31H37N7O/c1-36(2)29-15-11-26(12-16-29)34-35-31-10-6-9-23-38(31)22-8-5-4-7-21-37-24-19-28(20-25-37)33-32-27-13-17-30(39-3)18-14-27/h6,9-20,23-25H,4-5,7-8,21-22H2,1-3H3/q+2. The van der Waals surface area contributed by atoms with Gasteiger partial charge in [-0.1, -0.05) is 6.07 Å². The van der Waals surface area contributed by atoms with Gasteiger partial charge >= 0.3 is 5.82 Å². The van der Waals surface area contributed by atoms with Crippen LogP contribution in [0.2, 0.25) is 0 Å². The molecule has 2 heterocycles. The minimum absolute atomic E-state index is 0.797. The van der Waals surface area contributed by atoms with E-state index in [1.807, 2.05) is 80.8 Å². The lowest BCUT2D eigenvalue weighted by atomic mass is 10.2. The molecule has 0 aliphatic rings. The quantitative estimate of drug-likeness (QED) is 0.104. The van der Waals surface area contributed by atoms with E-state index in [-0.39, 0.29) is 0 Å². The van der Waals surface area contributed by atoms with E-state index in [0.717, 1.165) is 60.2 Å². The van der Waals surface area contributed by atoms with Gasteiger partial charge in [-0.3, -0.25) is 0 Å². The Morgan fingerprint density at radius 1 is 0.615 bits per heavy atom. The maximum Gasteiger partial charge on any atom is 0.350 e. The molecule has 4 rings (SSSR count). The first-order valence-electron chi connectivity index (χ1n) is 13.3. The number of benzene rings is 2. The zero-order valence-electron chi connectivity index (χ0n) is 23.0. The molecule has 8 nitrogen and oxygen atoms in total. The summed E-state index contributed by atoms with van der Waals surface area (Å²) in [6.45, 7) is 1.91. The summed E-state index contributed by atoms with van der Waals surface area (Å²) in [6.07, 6.45) is 10.8. The molecule has 0 radical (unpaired) electrons. The zero-order valence-corrected chi connectivity index (χ0v) is 23.0. The molecule has 4 aromatic rings. The summed E-state index contributed by atoms with van der Waals surface area (Å²) in [5.74, 6) is 1.68. The Kier molecular flexibility index (Phi) is 10.2. The first kappa shape index (κ1) is 27.6. The fourth-order valence-electron chi connectivity index (χ4n) is 4.03. The Labute approximate surface area is 231 Å². The van der Waals surface area contributed by atoms with Crippen LogP contribution < -0.4 is 18.8 Å². The number of unbranched alkanes of at least 4 members (excludes halogenated alkanes) is 3. The van der Waals surface area contributed by atoms with Gasteiger partial charge in [0.1, 0.15) is 18.0 Å². The van der Waals surface area contributed by atoms with Crippen LogP contribution in [0.25, 0.3) is 0 Å². The van der Waals surface area contributed by atoms with Crippen molar-refractivity contribution < 1.29 is 13.9 Å². The van der Waals surface area contributed by atoms with Crippen molar-refractivity contribution in [2.24, 2.45) is 20.5 Å². The van der Waals surface area contributed by atoms with Gasteiger partial charge in [0.05, 0.1) is 36.3 Å². The lowest BCUT2D eigenvalue weighted by Gasteiger charge is -2.11. The third kappa shape index (κ3) is 8.81. The van der Waals surface area contributed by atoms with Gasteiger partial charge in [-0.15, -0.1) is 0 Å². The highest BCUT2D eigenvalue weighted by Gasteiger charge is 2.09. The maximum atomic E-state index is 5.17. The van der Waals surface area contributed by atoms with E-state index in [9.17, 15) is 0 Å². The van der Waals surface area contributed by atoms with Gasteiger partial charge in [-0.2, -0.15) is 10.2 Å². The second kappa shape index (κ2) is 14.5. The van der Waals surface area contributed by atoms with E-state index in [2.05, 4.69) is 65.2 Å². The third-order valence-corrected chi connectivity index (χ3v) is 6.34. The number of aromatic nitrogens is 2. The smallest absolute Gasteiger partial charge is 0.350 e. The molecule has 2 aromatic carbocycles. The summed E-state index contributed by atoms with van der Waals surface area (Å²) in [4.78, 5) is 2.07. The van der Waals surface area contributed by atoms with Gasteiger partial charge in [0.25, 0.3) is 0 Å².